The zero-order chi connectivity index (χ0) is 10.8. The summed E-state index contributed by atoms with van der Waals surface area (Å²) in [6.07, 6.45) is 6.93. The fourth-order valence-electron chi connectivity index (χ4n) is 3.53. The van der Waals surface area contributed by atoms with E-state index in [1.165, 1.54) is 37.9 Å². The summed E-state index contributed by atoms with van der Waals surface area (Å²) in [5, 5.41) is 0.771. The summed E-state index contributed by atoms with van der Waals surface area (Å²) < 4.78 is 0. The minimum atomic E-state index is 0.475. The molecule has 4 atom stereocenters. The number of hydrogen-bond acceptors (Lipinski definition) is 2. The van der Waals surface area contributed by atoms with Crippen LogP contribution in [-0.2, 0) is 0 Å². The Balaban J connectivity index is 1.90. The van der Waals surface area contributed by atoms with Crippen molar-refractivity contribution >= 4 is 11.8 Å². The van der Waals surface area contributed by atoms with Crippen molar-refractivity contribution in [1.82, 2.24) is 0 Å². The molecule has 1 nitrogen and oxygen atoms in total. The Bertz CT molecular complexity index is 191. The zero-order valence-corrected chi connectivity index (χ0v) is 10.9. The maximum Gasteiger partial charge on any atom is 0.0202 e. The first-order valence-electron chi connectivity index (χ1n) is 6.54. The Morgan fingerprint density at radius 2 is 1.80 bits per heavy atom. The van der Waals surface area contributed by atoms with Gasteiger partial charge in [-0.25, -0.2) is 0 Å². The number of rotatable bonds is 2. The van der Waals surface area contributed by atoms with Crippen LogP contribution in [0.4, 0.5) is 0 Å². The van der Waals surface area contributed by atoms with Crippen molar-refractivity contribution in [1.29, 1.82) is 0 Å². The number of hydrogen-bond donors (Lipinski definition) is 1. The molecule has 0 bridgehead atoms. The van der Waals surface area contributed by atoms with E-state index < -0.39 is 0 Å². The van der Waals surface area contributed by atoms with Gasteiger partial charge in [0.15, 0.2) is 0 Å². The monoisotopic (exact) mass is 227 g/mol. The summed E-state index contributed by atoms with van der Waals surface area (Å²) in [6.45, 7) is 4.80. The van der Waals surface area contributed by atoms with Crippen LogP contribution in [0.25, 0.3) is 0 Å². The van der Waals surface area contributed by atoms with Crippen LogP contribution in [-0.4, -0.2) is 17.0 Å². The maximum absolute atomic E-state index is 6.46. The molecular formula is C13H25NS. The first-order chi connectivity index (χ1) is 7.16. The van der Waals surface area contributed by atoms with E-state index in [2.05, 4.69) is 25.6 Å². The second-order valence-electron chi connectivity index (χ2n) is 5.81. The van der Waals surface area contributed by atoms with Crippen molar-refractivity contribution in [3.8, 4) is 0 Å². The smallest absolute Gasteiger partial charge is 0.0202 e. The molecule has 88 valence electrons. The zero-order valence-electron chi connectivity index (χ0n) is 10.1. The fourth-order valence-corrected chi connectivity index (χ4v) is 4.95. The summed E-state index contributed by atoms with van der Waals surface area (Å²) in [6, 6.07) is 0.475. The molecule has 0 aromatic rings. The van der Waals surface area contributed by atoms with Crippen molar-refractivity contribution < 1.29 is 0 Å². The highest BCUT2D eigenvalue weighted by Crippen LogP contribution is 2.39. The Kier molecular flexibility index (Phi) is 4.00. The van der Waals surface area contributed by atoms with Crippen molar-refractivity contribution in [3.05, 3.63) is 0 Å². The summed E-state index contributed by atoms with van der Waals surface area (Å²) in [5.74, 6) is 3.95. The highest BCUT2D eigenvalue weighted by atomic mass is 32.2. The SMILES string of the molecule is CC1CC(C)CC(C(N)C2CCCS2)C1. The minimum absolute atomic E-state index is 0.475. The standard InChI is InChI=1S/C13H25NS/c1-9-6-10(2)8-11(7-9)13(14)12-4-3-5-15-12/h9-13H,3-8,14H2,1-2H3. The van der Waals surface area contributed by atoms with Crippen LogP contribution in [0.15, 0.2) is 0 Å². The van der Waals surface area contributed by atoms with Crippen LogP contribution >= 0.6 is 11.8 Å². The second kappa shape index (κ2) is 5.09. The Labute approximate surface area is 98.6 Å². The molecule has 1 saturated heterocycles. The highest BCUT2D eigenvalue weighted by molar-refractivity contribution is 8.00. The van der Waals surface area contributed by atoms with E-state index in [1.807, 2.05) is 0 Å². The molecule has 2 fully saturated rings. The first kappa shape index (κ1) is 11.8. The summed E-state index contributed by atoms with van der Waals surface area (Å²) in [7, 11) is 0. The van der Waals surface area contributed by atoms with Gasteiger partial charge in [0.2, 0.25) is 0 Å². The lowest BCUT2D eigenvalue weighted by Crippen LogP contribution is -2.41. The Morgan fingerprint density at radius 3 is 2.33 bits per heavy atom. The normalized spacial score (nSPS) is 44.2. The molecule has 2 aliphatic rings. The molecule has 0 spiro atoms. The van der Waals surface area contributed by atoms with Gasteiger partial charge >= 0.3 is 0 Å². The van der Waals surface area contributed by atoms with Crippen LogP contribution < -0.4 is 5.73 Å². The predicted octanol–water partition coefficient (Wildman–Crippen LogP) is 3.28. The summed E-state index contributed by atoms with van der Waals surface area (Å²) in [4.78, 5) is 0. The van der Waals surface area contributed by atoms with Crippen LogP contribution in [0.2, 0.25) is 0 Å². The van der Waals surface area contributed by atoms with Gasteiger partial charge in [0.05, 0.1) is 0 Å². The Hall–Kier alpha value is 0.310. The molecule has 2 heteroatoms. The third-order valence-electron chi connectivity index (χ3n) is 4.15. The molecule has 4 unspecified atom stereocenters. The molecule has 2 rings (SSSR count). The van der Waals surface area contributed by atoms with Gasteiger partial charge in [-0.1, -0.05) is 13.8 Å². The molecule has 15 heavy (non-hydrogen) atoms. The molecule has 1 aliphatic carbocycles. The fraction of sp³-hybridized carbons (Fsp3) is 1.00. The molecule has 0 aromatic carbocycles. The van der Waals surface area contributed by atoms with E-state index in [0.29, 0.717) is 6.04 Å². The van der Waals surface area contributed by atoms with E-state index in [0.717, 1.165) is 23.0 Å². The summed E-state index contributed by atoms with van der Waals surface area (Å²) >= 11 is 2.12. The molecule has 0 radical (unpaired) electrons. The van der Waals surface area contributed by atoms with Crippen molar-refractivity contribution in [3.63, 3.8) is 0 Å². The molecule has 1 aliphatic heterocycles. The third-order valence-corrected chi connectivity index (χ3v) is 5.66. The highest BCUT2D eigenvalue weighted by Gasteiger charge is 2.33. The van der Waals surface area contributed by atoms with Crippen molar-refractivity contribution in [2.45, 2.75) is 57.2 Å². The van der Waals surface area contributed by atoms with E-state index in [1.54, 1.807) is 0 Å². The van der Waals surface area contributed by atoms with Gasteiger partial charge in [0.25, 0.3) is 0 Å². The maximum atomic E-state index is 6.46. The van der Waals surface area contributed by atoms with Gasteiger partial charge in [-0.05, 0) is 55.6 Å². The van der Waals surface area contributed by atoms with Gasteiger partial charge in [-0.2, -0.15) is 11.8 Å². The number of nitrogens with two attached hydrogens (primary N) is 1. The predicted molar refractivity (Wildman–Crippen MR) is 69.1 cm³/mol. The third kappa shape index (κ3) is 2.91. The molecule has 0 amide bonds. The van der Waals surface area contributed by atoms with Gasteiger partial charge in [-0.3, -0.25) is 0 Å². The average molecular weight is 227 g/mol. The molecule has 1 saturated carbocycles. The van der Waals surface area contributed by atoms with Crippen LogP contribution in [0.1, 0.15) is 46.0 Å². The molecule has 1 heterocycles. The van der Waals surface area contributed by atoms with Gasteiger partial charge in [-0.15, -0.1) is 0 Å². The first-order valence-corrected chi connectivity index (χ1v) is 7.59. The van der Waals surface area contributed by atoms with E-state index in [4.69, 9.17) is 5.73 Å². The quantitative estimate of drug-likeness (QED) is 0.783. The lowest BCUT2D eigenvalue weighted by molar-refractivity contribution is 0.190. The van der Waals surface area contributed by atoms with Gasteiger partial charge < -0.3 is 5.73 Å². The van der Waals surface area contributed by atoms with Crippen molar-refractivity contribution in [2.24, 2.45) is 23.5 Å². The topological polar surface area (TPSA) is 26.0 Å². The molecular weight excluding hydrogens is 202 g/mol. The lowest BCUT2D eigenvalue weighted by Gasteiger charge is -2.37. The lowest BCUT2D eigenvalue weighted by atomic mass is 9.73. The van der Waals surface area contributed by atoms with E-state index in [9.17, 15) is 0 Å². The average Bonchev–Trinajstić information content (AvgIpc) is 2.67. The second-order valence-corrected chi connectivity index (χ2v) is 7.15. The number of thioether (sulfide) groups is 1. The molecule has 0 aromatic heterocycles. The minimum Gasteiger partial charge on any atom is -0.326 e. The molecule has 2 N–H and O–H groups in total. The largest absolute Gasteiger partial charge is 0.326 e. The van der Waals surface area contributed by atoms with Crippen LogP contribution in [0.5, 0.6) is 0 Å². The van der Waals surface area contributed by atoms with Crippen LogP contribution in [0.3, 0.4) is 0 Å². The van der Waals surface area contributed by atoms with Crippen LogP contribution in [0, 0.1) is 17.8 Å². The van der Waals surface area contributed by atoms with Gasteiger partial charge in [0.1, 0.15) is 0 Å². The van der Waals surface area contributed by atoms with E-state index >= 15 is 0 Å². The summed E-state index contributed by atoms with van der Waals surface area (Å²) in [5.41, 5.74) is 6.46. The van der Waals surface area contributed by atoms with E-state index in [-0.39, 0.29) is 0 Å². The Morgan fingerprint density at radius 1 is 1.13 bits per heavy atom. The van der Waals surface area contributed by atoms with Crippen molar-refractivity contribution in [2.75, 3.05) is 5.75 Å². The van der Waals surface area contributed by atoms with Gasteiger partial charge in [0, 0.05) is 11.3 Å².